The molecule has 9 nitrogen and oxygen atoms in total. The Morgan fingerprint density at radius 3 is 2.17 bits per heavy atom. The number of aromatic nitrogens is 2. The summed E-state index contributed by atoms with van der Waals surface area (Å²) in [6.07, 6.45) is 0. The molecule has 0 N–H and O–H groups in total. The third kappa shape index (κ3) is 4.56. The molecule has 1 aliphatic heterocycles. The molecule has 0 atom stereocenters. The number of carbonyl (C=O) groups is 1. The van der Waals surface area contributed by atoms with Gasteiger partial charge < -0.3 is 24.0 Å². The second kappa shape index (κ2) is 9.62. The van der Waals surface area contributed by atoms with E-state index in [4.69, 9.17) is 14.2 Å². The quantitative estimate of drug-likeness (QED) is 0.674. The lowest BCUT2D eigenvalue weighted by atomic mass is 10.1. The van der Waals surface area contributed by atoms with Crippen LogP contribution in [-0.2, 0) is 6.54 Å². The zero-order valence-electron chi connectivity index (χ0n) is 18.2. The van der Waals surface area contributed by atoms with Crippen molar-refractivity contribution in [2.24, 2.45) is 0 Å². The van der Waals surface area contributed by atoms with Crippen LogP contribution in [0.2, 0.25) is 0 Å². The van der Waals surface area contributed by atoms with Gasteiger partial charge in [0.1, 0.15) is 0 Å². The van der Waals surface area contributed by atoms with Gasteiger partial charge in [-0.2, -0.15) is 0 Å². The molecule has 2 aromatic rings. The summed E-state index contributed by atoms with van der Waals surface area (Å²) >= 11 is 0. The smallest absolute Gasteiger partial charge is 0.274 e. The molecule has 0 saturated carbocycles. The predicted molar refractivity (Wildman–Crippen MR) is 114 cm³/mol. The number of nitrogens with zero attached hydrogens (tertiary/aromatic N) is 5. The summed E-state index contributed by atoms with van der Waals surface area (Å²) in [5, 5.41) is 8.18. The summed E-state index contributed by atoms with van der Waals surface area (Å²) in [5.41, 5.74) is 1.38. The van der Waals surface area contributed by atoms with Gasteiger partial charge in [0, 0.05) is 52.4 Å². The van der Waals surface area contributed by atoms with Crippen LogP contribution < -0.4 is 19.1 Å². The first kappa shape index (κ1) is 21.6. The van der Waals surface area contributed by atoms with Crippen molar-refractivity contribution in [3.05, 3.63) is 35.5 Å². The molecule has 0 aliphatic carbocycles. The minimum atomic E-state index is -0.0869. The van der Waals surface area contributed by atoms with Crippen LogP contribution >= 0.6 is 0 Å². The van der Waals surface area contributed by atoms with Crippen molar-refractivity contribution < 1.29 is 19.0 Å². The van der Waals surface area contributed by atoms with E-state index in [1.165, 1.54) is 0 Å². The fourth-order valence-corrected chi connectivity index (χ4v) is 3.48. The van der Waals surface area contributed by atoms with Crippen molar-refractivity contribution in [2.75, 3.05) is 66.5 Å². The van der Waals surface area contributed by atoms with E-state index in [9.17, 15) is 4.79 Å². The number of methoxy groups -OCH3 is 3. The molecule has 0 bridgehead atoms. The Morgan fingerprint density at radius 2 is 1.63 bits per heavy atom. The Hall–Kier alpha value is -3.07. The molecule has 1 fully saturated rings. The second-order valence-corrected chi connectivity index (χ2v) is 7.23. The van der Waals surface area contributed by atoms with Crippen molar-refractivity contribution in [2.45, 2.75) is 6.54 Å². The summed E-state index contributed by atoms with van der Waals surface area (Å²) in [4.78, 5) is 18.7. The zero-order chi connectivity index (χ0) is 21.7. The van der Waals surface area contributed by atoms with Gasteiger partial charge in [-0.1, -0.05) is 6.07 Å². The number of hydrogen-bond donors (Lipinski definition) is 0. The number of amides is 1. The molecule has 1 amide bonds. The Kier molecular flexibility index (Phi) is 6.94. The topological polar surface area (TPSA) is 80.3 Å². The maximum absolute atomic E-state index is 12.7. The van der Waals surface area contributed by atoms with Gasteiger partial charge in [-0.15, -0.1) is 10.2 Å². The van der Waals surface area contributed by atoms with Crippen molar-refractivity contribution in [3.8, 4) is 17.2 Å². The first-order valence-corrected chi connectivity index (χ1v) is 9.79. The van der Waals surface area contributed by atoms with Crippen LogP contribution in [0.25, 0.3) is 0 Å². The first-order valence-electron chi connectivity index (χ1n) is 9.79. The molecule has 2 heterocycles. The molecule has 3 rings (SSSR count). The molecule has 9 heteroatoms. The van der Waals surface area contributed by atoms with Gasteiger partial charge in [0.15, 0.2) is 23.0 Å². The molecule has 0 unspecified atom stereocenters. The van der Waals surface area contributed by atoms with Crippen LogP contribution in [0.15, 0.2) is 24.3 Å². The lowest BCUT2D eigenvalue weighted by Gasteiger charge is -2.34. The fourth-order valence-electron chi connectivity index (χ4n) is 3.48. The zero-order valence-corrected chi connectivity index (χ0v) is 18.2. The molecule has 30 heavy (non-hydrogen) atoms. The van der Waals surface area contributed by atoms with Crippen LogP contribution in [0, 0.1) is 0 Å². The van der Waals surface area contributed by atoms with Crippen molar-refractivity contribution in [3.63, 3.8) is 0 Å². The molecular formula is C21H29N5O4. The second-order valence-electron chi connectivity index (χ2n) is 7.23. The van der Waals surface area contributed by atoms with E-state index in [-0.39, 0.29) is 5.91 Å². The van der Waals surface area contributed by atoms with Gasteiger partial charge >= 0.3 is 0 Å². The molecule has 0 radical (unpaired) electrons. The van der Waals surface area contributed by atoms with Gasteiger partial charge in [0.2, 0.25) is 5.75 Å². The maximum Gasteiger partial charge on any atom is 0.274 e. The number of anilines is 1. The maximum atomic E-state index is 12.7. The van der Waals surface area contributed by atoms with Crippen LogP contribution in [0.3, 0.4) is 0 Å². The highest BCUT2D eigenvalue weighted by molar-refractivity contribution is 5.92. The predicted octanol–water partition coefficient (Wildman–Crippen LogP) is 1.53. The number of ether oxygens (including phenoxy) is 3. The Morgan fingerprint density at radius 1 is 0.933 bits per heavy atom. The molecule has 1 saturated heterocycles. The largest absolute Gasteiger partial charge is 0.493 e. The van der Waals surface area contributed by atoms with Gasteiger partial charge in [-0.05, 0) is 18.2 Å². The highest BCUT2D eigenvalue weighted by atomic mass is 16.5. The number of carbonyl (C=O) groups excluding carboxylic acids is 1. The van der Waals surface area contributed by atoms with Crippen molar-refractivity contribution >= 4 is 11.7 Å². The standard InChI is InChI=1S/C21H29N5O4/c1-24(2)18-9-7-16(22-23-18)21(27)26-12-10-25(11-13-26)14-15-6-8-17(28-3)20(30-5)19(15)29-4/h6-9H,10-14H2,1-5H3. The van der Waals surface area contributed by atoms with Crippen LogP contribution in [0.5, 0.6) is 17.2 Å². The number of rotatable bonds is 7. The SMILES string of the molecule is COc1ccc(CN2CCN(C(=O)c3ccc(N(C)C)nn3)CC2)c(OC)c1OC. The van der Waals surface area contributed by atoms with E-state index in [2.05, 4.69) is 15.1 Å². The summed E-state index contributed by atoms with van der Waals surface area (Å²) in [6, 6.07) is 7.40. The number of hydrogen-bond acceptors (Lipinski definition) is 8. The van der Waals surface area contributed by atoms with E-state index in [0.717, 1.165) is 24.5 Å². The van der Waals surface area contributed by atoms with E-state index in [1.54, 1.807) is 33.5 Å². The van der Waals surface area contributed by atoms with E-state index in [0.29, 0.717) is 42.6 Å². The molecule has 162 valence electrons. The number of piperazine rings is 1. The average molecular weight is 415 g/mol. The fraction of sp³-hybridized carbons (Fsp3) is 0.476. The first-order chi connectivity index (χ1) is 14.5. The van der Waals surface area contributed by atoms with Gasteiger partial charge in [0.25, 0.3) is 5.91 Å². The van der Waals surface area contributed by atoms with E-state index in [1.807, 2.05) is 36.0 Å². The highest BCUT2D eigenvalue weighted by Gasteiger charge is 2.25. The van der Waals surface area contributed by atoms with Crippen molar-refractivity contribution in [1.29, 1.82) is 0 Å². The summed E-state index contributed by atoms with van der Waals surface area (Å²) in [7, 11) is 8.60. The molecular weight excluding hydrogens is 386 g/mol. The van der Waals surface area contributed by atoms with E-state index >= 15 is 0 Å². The van der Waals surface area contributed by atoms with Gasteiger partial charge in [-0.3, -0.25) is 9.69 Å². The lowest BCUT2D eigenvalue weighted by Crippen LogP contribution is -2.48. The monoisotopic (exact) mass is 415 g/mol. The highest BCUT2D eigenvalue weighted by Crippen LogP contribution is 2.40. The molecule has 1 aliphatic rings. The van der Waals surface area contributed by atoms with Crippen molar-refractivity contribution in [1.82, 2.24) is 20.0 Å². The molecule has 0 spiro atoms. The summed E-state index contributed by atoms with van der Waals surface area (Å²) in [5.74, 6) is 2.53. The minimum absolute atomic E-state index is 0.0869. The lowest BCUT2D eigenvalue weighted by molar-refractivity contribution is 0.0620. The normalized spacial score (nSPS) is 14.4. The molecule has 1 aromatic carbocycles. The van der Waals surface area contributed by atoms with Gasteiger partial charge in [0.05, 0.1) is 21.3 Å². The van der Waals surface area contributed by atoms with Gasteiger partial charge in [-0.25, -0.2) is 0 Å². The summed E-state index contributed by atoms with van der Waals surface area (Å²) in [6.45, 7) is 3.47. The molecule has 1 aromatic heterocycles. The third-order valence-electron chi connectivity index (χ3n) is 5.17. The third-order valence-corrected chi connectivity index (χ3v) is 5.17. The van der Waals surface area contributed by atoms with Crippen LogP contribution in [-0.4, -0.2) is 87.5 Å². The van der Waals surface area contributed by atoms with E-state index < -0.39 is 0 Å². The average Bonchev–Trinajstić information content (AvgIpc) is 2.78. The minimum Gasteiger partial charge on any atom is -0.493 e. The Bertz CT molecular complexity index is 864. The number of benzene rings is 1. The summed E-state index contributed by atoms with van der Waals surface area (Å²) < 4.78 is 16.4. The van der Waals surface area contributed by atoms with Crippen LogP contribution in [0.1, 0.15) is 16.1 Å². The Balaban J connectivity index is 1.63. The Labute approximate surface area is 177 Å². The van der Waals surface area contributed by atoms with Crippen LogP contribution in [0.4, 0.5) is 5.82 Å².